The molecule has 3 aromatic carbocycles. The molecule has 4 rings (SSSR count). The molecule has 0 fully saturated rings. The number of hydrogen-bond donors (Lipinski definition) is 1. The number of benzene rings is 3. The van der Waals surface area contributed by atoms with Gasteiger partial charge in [-0.3, -0.25) is 9.59 Å². The van der Waals surface area contributed by atoms with Gasteiger partial charge in [0, 0.05) is 17.5 Å². The molecule has 7 heteroatoms. The zero-order valence-electron chi connectivity index (χ0n) is 18.5. The van der Waals surface area contributed by atoms with Crippen LogP contribution in [0.15, 0.2) is 88.8 Å². The topological polar surface area (TPSA) is 85.6 Å². The van der Waals surface area contributed by atoms with E-state index < -0.39 is 5.91 Å². The second-order valence-electron chi connectivity index (χ2n) is 7.66. The summed E-state index contributed by atoms with van der Waals surface area (Å²) in [5.74, 6) is 0.312. The van der Waals surface area contributed by atoms with Gasteiger partial charge in [-0.25, -0.2) is 10.1 Å². The maximum Gasteiger partial charge on any atom is 0.292 e. The third-order valence-corrected chi connectivity index (χ3v) is 5.23. The van der Waals surface area contributed by atoms with E-state index in [0.717, 1.165) is 22.6 Å². The molecule has 166 valence electrons. The lowest BCUT2D eigenvalue weighted by Crippen LogP contribution is -2.29. The first-order valence-corrected chi connectivity index (χ1v) is 10.6. The van der Waals surface area contributed by atoms with E-state index in [0.29, 0.717) is 17.2 Å². The van der Waals surface area contributed by atoms with E-state index >= 15 is 0 Å². The number of hydrogen-bond acceptors (Lipinski definition) is 5. The van der Waals surface area contributed by atoms with E-state index in [-0.39, 0.29) is 17.8 Å². The average Bonchev–Trinajstić information content (AvgIpc) is 2.85. The Morgan fingerprint density at radius 2 is 1.61 bits per heavy atom. The normalized spacial score (nSPS) is 11.4. The van der Waals surface area contributed by atoms with Gasteiger partial charge in [0.05, 0.1) is 19.0 Å². The van der Waals surface area contributed by atoms with Crippen molar-refractivity contribution in [2.75, 3.05) is 7.11 Å². The van der Waals surface area contributed by atoms with Gasteiger partial charge in [-0.05, 0) is 36.2 Å². The standard InChI is InChI=1S/C26H24N4O3/c1-18(16-19-12-14-21(33-2)15-13-19)27-28-25(31)24-22-10-6-7-11-23(22)26(32)30(29-24)17-20-8-4-3-5-9-20/h3-15H,16-17H2,1-2H3,(H,28,31)/b27-18-. The molecule has 1 heterocycles. The first-order chi connectivity index (χ1) is 16.0. The Labute approximate surface area is 191 Å². The average molecular weight is 441 g/mol. The van der Waals surface area contributed by atoms with Crippen LogP contribution in [0.25, 0.3) is 10.8 Å². The van der Waals surface area contributed by atoms with Crippen molar-refractivity contribution in [1.29, 1.82) is 0 Å². The summed E-state index contributed by atoms with van der Waals surface area (Å²) >= 11 is 0. The van der Waals surface area contributed by atoms with Gasteiger partial charge in [-0.2, -0.15) is 10.2 Å². The summed E-state index contributed by atoms with van der Waals surface area (Å²) in [5, 5.41) is 9.56. The molecule has 0 bridgehead atoms. The number of carbonyl (C=O) groups is 1. The van der Waals surface area contributed by atoms with Crippen molar-refractivity contribution in [3.05, 3.63) is 106 Å². The van der Waals surface area contributed by atoms with Crippen molar-refractivity contribution in [2.24, 2.45) is 5.10 Å². The lowest BCUT2D eigenvalue weighted by Gasteiger charge is -2.10. The summed E-state index contributed by atoms with van der Waals surface area (Å²) in [6.07, 6.45) is 0.575. The summed E-state index contributed by atoms with van der Waals surface area (Å²) in [7, 11) is 1.62. The van der Waals surface area contributed by atoms with Crippen LogP contribution in [-0.2, 0) is 13.0 Å². The number of rotatable bonds is 7. The van der Waals surface area contributed by atoms with Gasteiger partial charge < -0.3 is 4.74 Å². The first kappa shape index (κ1) is 22.0. The van der Waals surface area contributed by atoms with Gasteiger partial charge in [-0.1, -0.05) is 60.7 Å². The lowest BCUT2D eigenvalue weighted by atomic mass is 10.1. The number of fused-ring (bicyclic) bond motifs is 1. The van der Waals surface area contributed by atoms with Crippen LogP contribution in [-0.4, -0.2) is 28.5 Å². The van der Waals surface area contributed by atoms with Crippen molar-refractivity contribution >= 4 is 22.4 Å². The quantitative estimate of drug-likeness (QED) is 0.350. The summed E-state index contributed by atoms with van der Waals surface area (Å²) in [6, 6.07) is 24.2. The molecule has 1 amide bonds. The molecule has 4 aromatic rings. The molecule has 0 unspecified atom stereocenters. The molecular weight excluding hydrogens is 416 g/mol. The minimum atomic E-state index is -0.470. The van der Waals surface area contributed by atoms with Gasteiger partial charge in [-0.15, -0.1) is 0 Å². The molecule has 0 radical (unpaired) electrons. The van der Waals surface area contributed by atoms with Gasteiger partial charge in [0.15, 0.2) is 5.69 Å². The molecule has 1 aromatic heterocycles. The van der Waals surface area contributed by atoms with E-state index in [1.807, 2.05) is 61.5 Å². The summed E-state index contributed by atoms with van der Waals surface area (Å²) in [4.78, 5) is 26.0. The summed E-state index contributed by atoms with van der Waals surface area (Å²) in [6.45, 7) is 2.11. The number of hydrazone groups is 1. The maximum atomic E-state index is 13.0. The fourth-order valence-electron chi connectivity index (χ4n) is 3.54. The third kappa shape index (κ3) is 5.15. The molecule has 0 saturated heterocycles. The molecule has 0 aliphatic rings. The number of ether oxygens (including phenoxy) is 1. The number of nitrogens with one attached hydrogen (secondary N) is 1. The Hall–Kier alpha value is -4.26. The molecule has 0 aliphatic carbocycles. The second kappa shape index (κ2) is 9.91. The van der Waals surface area contributed by atoms with E-state index in [1.54, 1.807) is 31.4 Å². The largest absolute Gasteiger partial charge is 0.497 e. The van der Waals surface area contributed by atoms with E-state index in [4.69, 9.17) is 4.74 Å². The van der Waals surface area contributed by atoms with E-state index in [9.17, 15) is 9.59 Å². The first-order valence-electron chi connectivity index (χ1n) is 10.6. The molecule has 1 N–H and O–H groups in total. The predicted octanol–water partition coefficient (Wildman–Crippen LogP) is 3.80. The Kier molecular flexibility index (Phi) is 6.59. The second-order valence-corrected chi connectivity index (χ2v) is 7.66. The van der Waals surface area contributed by atoms with E-state index in [1.165, 1.54) is 4.68 Å². The third-order valence-electron chi connectivity index (χ3n) is 5.23. The zero-order valence-corrected chi connectivity index (χ0v) is 18.5. The molecule has 0 atom stereocenters. The number of carbonyl (C=O) groups excluding carboxylic acids is 1. The molecular formula is C26H24N4O3. The Bertz CT molecular complexity index is 1360. The number of aromatic nitrogens is 2. The summed E-state index contributed by atoms with van der Waals surface area (Å²) in [5.41, 5.74) is 5.20. The Balaban J connectivity index is 1.59. The Morgan fingerprint density at radius 1 is 0.939 bits per heavy atom. The molecule has 0 aliphatic heterocycles. The fourth-order valence-corrected chi connectivity index (χ4v) is 3.54. The molecule has 33 heavy (non-hydrogen) atoms. The van der Waals surface area contributed by atoms with Crippen LogP contribution in [0.3, 0.4) is 0 Å². The fraction of sp³-hybridized carbons (Fsp3) is 0.154. The SMILES string of the molecule is COc1ccc(C/C(C)=N\NC(=O)c2nn(Cc3ccccc3)c(=O)c3ccccc23)cc1. The van der Waals surface area contributed by atoms with Crippen LogP contribution in [0, 0.1) is 0 Å². The van der Waals surface area contributed by atoms with Crippen molar-refractivity contribution in [3.63, 3.8) is 0 Å². The number of nitrogens with zero attached hydrogens (tertiary/aromatic N) is 3. The minimum Gasteiger partial charge on any atom is -0.497 e. The number of methoxy groups -OCH3 is 1. The highest BCUT2D eigenvalue weighted by Crippen LogP contribution is 2.15. The highest BCUT2D eigenvalue weighted by atomic mass is 16.5. The van der Waals surface area contributed by atoms with Crippen LogP contribution >= 0.6 is 0 Å². The Morgan fingerprint density at radius 3 is 2.30 bits per heavy atom. The molecule has 7 nitrogen and oxygen atoms in total. The lowest BCUT2D eigenvalue weighted by molar-refractivity contribution is 0.0949. The smallest absolute Gasteiger partial charge is 0.292 e. The van der Waals surface area contributed by atoms with Crippen molar-refractivity contribution in [2.45, 2.75) is 19.9 Å². The zero-order chi connectivity index (χ0) is 23.2. The van der Waals surface area contributed by atoms with Crippen molar-refractivity contribution in [3.8, 4) is 5.75 Å². The van der Waals surface area contributed by atoms with Crippen LogP contribution in [0.4, 0.5) is 0 Å². The van der Waals surface area contributed by atoms with Crippen LogP contribution in [0.5, 0.6) is 5.75 Å². The monoisotopic (exact) mass is 440 g/mol. The molecule has 0 saturated carbocycles. The van der Waals surface area contributed by atoms with E-state index in [2.05, 4.69) is 15.6 Å². The highest BCUT2D eigenvalue weighted by Gasteiger charge is 2.16. The van der Waals surface area contributed by atoms with Crippen LogP contribution < -0.4 is 15.7 Å². The molecule has 0 spiro atoms. The summed E-state index contributed by atoms with van der Waals surface area (Å²) < 4.78 is 6.49. The van der Waals surface area contributed by atoms with Gasteiger partial charge in [0.1, 0.15) is 5.75 Å². The number of amides is 1. The highest BCUT2D eigenvalue weighted by molar-refractivity contribution is 6.05. The predicted molar refractivity (Wildman–Crippen MR) is 129 cm³/mol. The van der Waals surface area contributed by atoms with Gasteiger partial charge in [0.2, 0.25) is 0 Å². The van der Waals surface area contributed by atoms with Crippen molar-refractivity contribution in [1.82, 2.24) is 15.2 Å². The van der Waals surface area contributed by atoms with Gasteiger partial charge in [0.25, 0.3) is 11.5 Å². The van der Waals surface area contributed by atoms with Crippen LogP contribution in [0.2, 0.25) is 0 Å². The van der Waals surface area contributed by atoms with Crippen LogP contribution in [0.1, 0.15) is 28.5 Å². The maximum absolute atomic E-state index is 13.0. The minimum absolute atomic E-state index is 0.155. The van der Waals surface area contributed by atoms with Crippen molar-refractivity contribution < 1.29 is 9.53 Å². The van der Waals surface area contributed by atoms with Gasteiger partial charge >= 0.3 is 0 Å².